The second kappa shape index (κ2) is 13.0. The molecule has 0 spiro atoms. The van der Waals surface area contributed by atoms with E-state index in [4.69, 9.17) is 14.2 Å². The third-order valence-electron chi connectivity index (χ3n) is 5.05. The molecule has 0 amide bonds. The topological polar surface area (TPSA) is 104 Å². The van der Waals surface area contributed by atoms with Crippen LogP contribution in [0.2, 0.25) is 0 Å². The summed E-state index contributed by atoms with van der Waals surface area (Å²) in [7, 11) is 0. The number of carbonyl (C=O) groups is 3. The van der Waals surface area contributed by atoms with Gasteiger partial charge in [0.15, 0.2) is 0 Å². The molecular weight excluding hydrogens is 436 g/mol. The fraction of sp³-hybridized carbons (Fsp3) is 0.346. The van der Waals surface area contributed by atoms with Crippen LogP contribution in [0.4, 0.5) is 11.4 Å². The number of azo groups is 1. The second-order valence-corrected chi connectivity index (χ2v) is 8.08. The highest BCUT2D eigenvalue weighted by Gasteiger charge is 2.27. The van der Waals surface area contributed by atoms with Crippen LogP contribution in [0.3, 0.4) is 0 Å². The van der Waals surface area contributed by atoms with E-state index < -0.39 is 17.4 Å². The van der Waals surface area contributed by atoms with Gasteiger partial charge in [-0.15, -0.1) is 0 Å². The number of benzene rings is 2. The van der Waals surface area contributed by atoms with E-state index in [0.29, 0.717) is 42.0 Å². The maximum Gasteiger partial charge on any atom is 0.338 e. The van der Waals surface area contributed by atoms with Gasteiger partial charge in [-0.05, 0) is 81.6 Å². The van der Waals surface area contributed by atoms with Crippen molar-refractivity contribution in [3.05, 3.63) is 66.7 Å². The van der Waals surface area contributed by atoms with E-state index in [1.54, 1.807) is 48.5 Å². The molecule has 0 fully saturated rings. The van der Waals surface area contributed by atoms with Gasteiger partial charge in [-0.1, -0.05) is 13.5 Å². The zero-order valence-corrected chi connectivity index (χ0v) is 19.8. The van der Waals surface area contributed by atoms with Gasteiger partial charge in [-0.3, -0.25) is 4.79 Å². The summed E-state index contributed by atoms with van der Waals surface area (Å²) in [6, 6.07) is 13.3. The molecule has 34 heavy (non-hydrogen) atoms. The van der Waals surface area contributed by atoms with Gasteiger partial charge in [0.25, 0.3) is 0 Å². The number of esters is 3. The van der Waals surface area contributed by atoms with E-state index >= 15 is 0 Å². The number of rotatable bonds is 12. The lowest BCUT2D eigenvalue weighted by Crippen LogP contribution is -2.28. The van der Waals surface area contributed by atoms with Gasteiger partial charge in [0, 0.05) is 6.08 Å². The zero-order chi connectivity index (χ0) is 25.0. The summed E-state index contributed by atoms with van der Waals surface area (Å²) in [6.45, 7) is 9.43. The first-order valence-electron chi connectivity index (χ1n) is 11.1. The molecule has 8 nitrogen and oxygen atoms in total. The van der Waals surface area contributed by atoms with Crippen molar-refractivity contribution in [2.45, 2.75) is 40.0 Å². The minimum atomic E-state index is -0.543. The maximum atomic E-state index is 12.2. The van der Waals surface area contributed by atoms with E-state index in [-0.39, 0.29) is 19.2 Å². The SMILES string of the molecule is C=CC(=O)OCCCCOC(=O)c1ccc(/N=N/c2ccc(OC(=O)C(C)(C)CC)cc2)cc1. The second-order valence-electron chi connectivity index (χ2n) is 8.08. The number of hydrogen-bond donors (Lipinski definition) is 0. The molecule has 2 rings (SSSR count). The Hall–Kier alpha value is -3.81. The molecule has 0 radical (unpaired) electrons. The van der Waals surface area contributed by atoms with Gasteiger partial charge in [-0.25, -0.2) is 9.59 Å². The van der Waals surface area contributed by atoms with E-state index in [1.165, 1.54) is 0 Å². The Kier molecular flexibility index (Phi) is 10.1. The summed E-state index contributed by atoms with van der Waals surface area (Å²) in [4.78, 5) is 35.2. The van der Waals surface area contributed by atoms with E-state index in [2.05, 4.69) is 16.8 Å². The Balaban J connectivity index is 1.81. The molecule has 0 unspecified atom stereocenters. The van der Waals surface area contributed by atoms with Gasteiger partial charge in [0.2, 0.25) is 0 Å². The fourth-order valence-corrected chi connectivity index (χ4v) is 2.43. The Bertz CT molecular complexity index is 1010. The van der Waals surface area contributed by atoms with Gasteiger partial charge < -0.3 is 14.2 Å². The maximum absolute atomic E-state index is 12.2. The summed E-state index contributed by atoms with van der Waals surface area (Å²) in [5, 5.41) is 8.31. The number of unbranched alkanes of at least 4 members (excludes halogenated alkanes) is 1. The molecule has 0 saturated carbocycles. The molecule has 2 aromatic carbocycles. The predicted octanol–water partition coefficient (Wildman–Crippen LogP) is 6.11. The molecule has 0 aromatic heterocycles. The first-order chi connectivity index (χ1) is 16.2. The number of ether oxygens (including phenoxy) is 3. The molecule has 0 aliphatic carbocycles. The lowest BCUT2D eigenvalue weighted by atomic mass is 9.91. The van der Waals surface area contributed by atoms with Gasteiger partial charge >= 0.3 is 17.9 Å². The Morgan fingerprint density at radius 2 is 1.41 bits per heavy atom. The van der Waals surface area contributed by atoms with Crippen LogP contribution in [0.5, 0.6) is 5.75 Å². The van der Waals surface area contributed by atoms with Crippen molar-refractivity contribution >= 4 is 29.3 Å². The first-order valence-corrected chi connectivity index (χ1v) is 11.1. The summed E-state index contributed by atoms with van der Waals surface area (Å²) < 4.78 is 15.5. The van der Waals surface area contributed by atoms with Crippen LogP contribution in [-0.2, 0) is 19.1 Å². The summed E-state index contributed by atoms with van der Waals surface area (Å²) in [5.74, 6) is -0.741. The van der Waals surface area contributed by atoms with Crippen molar-refractivity contribution in [1.29, 1.82) is 0 Å². The first kappa shape index (κ1) is 26.4. The third-order valence-corrected chi connectivity index (χ3v) is 5.05. The molecule has 0 bridgehead atoms. The van der Waals surface area contributed by atoms with Gasteiger partial charge in [0.1, 0.15) is 5.75 Å². The number of hydrogen-bond acceptors (Lipinski definition) is 8. The lowest BCUT2D eigenvalue weighted by molar-refractivity contribution is -0.144. The fourth-order valence-electron chi connectivity index (χ4n) is 2.43. The molecule has 0 aliphatic heterocycles. The van der Waals surface area contributed by atoms with E-state index in [0.717, 1.165) is 6.08 Å². The molecule has 0 N–H and O–H groups in total. The van der Waals surface area contributed by atoms with Crippen LogP contribution < -0.4 is 4.74 Å². The molecule has 0 aliphatic rings. The average Bonchev–Trinajstić information content (AvgIpc) is 2.85. The molecule has 2 aromatic rings. The number of carbonyl (C=O) groups excluding carboxylic acids is 3. The van der Waals surface area contributed by atoms with Crippen molar-refractivity contribution in [1.82, 2.24) is 0 Å². The molecule has 0 saturated heterocycles. The molecule has 0 heterocycles. The predicted molar refractivity (Wildman–Crippen MR) is 127 cm³/mol. The highest BCUT2D eigenvalue weighted by molar-refractivity contribution is 5.89. The van der Waals surface area contributed by atoms with Crippen molar-refractivity contribution in [3.63, 3.8) is 0 Å². The quantitative estimate of drug-likeness (QED) is 0.123. The molecule has 180 valence electrons. The smallest absolute Gasteiger partial charge is 0.338 e. The average molecular weight is 467 g/mol. The van der Waals surface area contributed by atoms with E-state index in [9.17, 15) is 14.4 Å². The van der Waals surface area contributed by atoms with Crippen LogP contribution in [0.1, 0.15) is 50.4 Å². The highest BCUT2D eigenvalue weighted by Crippen LogP contribution is 2.26. The highest BCUT2D eigenvalue weighted by atomic mass is 16.5. The summed E-state index contributed by atoms with van der Waals surface area (Å²) >= 11 is 0. The lowest BCUT2D eigenvalue weighted by Gasteiger charge is -2.19. The largest absolute Gasteiger partial charge is 0.463 e. The minimum absolute atomic E-state index is 0.229. The summed E-state index contributed by atoms with van der Waals surface area (Å²) in [5.41, 5.74) is 1.02. The third kappa shape index (κ3) is 8.61. The molecule has 0 atom stereocenters. The molecular formula is C26H30N2O6. The Labute approximate surface area is 199 Å². The zero-order valence-electron chi connectivity index (χ0n) is 19.8. The van der Waals surface area contributed by atoms with Crippen LogP contribution >= 0.6 is 0 Å². The Morgan fingerprint density at radius 1 is 0.882 bits per heavy atom. The normalized spacial score (nSPS) is 11.1. The van der Waals surface area contributed by atoms with E-state index in [1.807, 2.05) is 20.8 Å². The monoisotopic (exact) mass is 466 g/mol. The van der Waals surface area contributed by atoms with Crippen LogP contribution in [0.25, 0.3) is 0 Å². The van der Waals surface area contributed by atoms with Gasteiger partial charge in [-0.2, -0.15) is 10.2 Å². The standard InChI is InChI=1S/C26H30N2O6/c1-5-23(29)32-17-7-8-18-33-24(30)19-9-11-20(12-10-19)27-28-21-13-15-22(16-14-21)34-25(31)26(3,4)6-2/h5,9-16H,1,6-8,17-18H2,2-4H3/b28-27+. The summed E-state index contributed by atoms with van der Waals surface area (Å²) in [6.07, 6.45) is 2.96. The van der Waals surface area contributed by atoms with Gasteiger partial charge in [0.05, 0.1) is 35.6 Å². The van der Waals surface area contributed by atoms with Crippen LogP contribution in [0, 0.1) is 5.41 Å². The number of nitrogens with zero attached hydrogens (tertiary/aromatic N) is 2. The Morgan fingerprint density at radius 3 is 1.94 bits per heavy atom. The van der Waals surface area contributed by atoms with Crippen molar-refractivity contribution in [2.24, 2.45) is 15.6 Å². The van der Waals surface area contributed by atoms with Crippen molar-refractivity contribution in [2.75, 3.05) is 13.2 Å². The molecule has 8 heteroatoms. The minimum Gasteiger partial charge on any atom is -0.463 e. The van der Waals surface area contributed by atoms with Crippen molar-refractivity contribution in [3.8, 4) is 5.75 Å². The van der Waals surface area contributed by atoms with Crippen molar-refractivity contribution < 1.29 is 28.6 Å². The van der Waals surface area contributed by atoms with Crippen LogP contribution in [0.15, 0.2) is 71.4 Å². The van der Waals surface area contributed by atoms with Crippen LogP contribution in [-0.4, -0.2) is 31.1 Å².